The summed E-state index contributed by atoms with van der Waals surface area (Å²) in [5.41, 5.74) is 2.49. The summed E-state index contributed by atoms with van der Waals surface area (Å²) in [5.74, 6) is 0.994. The van der Waals surface area contributed by atoms with Crippen molar-refractivity contribution in [3.63, 3.8) is 0 Å². The minimum absolute atomic E-state index is 0.181. The molecule has 2 aromatic rings. The molecule has 1 unspecified atom stereocenters. The van der Waals surface area contributed by atoms with Crippen molar-refractivity contribution in [3.8, 4) is 0 Å². The third kappa shape index (κ3) is 2.37. The highest BCUT2D eigenvalue weighted by Gasteiger charge is 2.16. The second-order valence-electron chi connectivity index (χ2n) is 5.66. The zero-order valence-corrected chi connectivity index (χ0v) is 11.3. The molecule has 2 nitrogen and oxygen atoms in total. The van der Waals surface area contributed by atoms with E-state index in [1.54, 1.807) is 0 Å². The molecule has 1 aromatic heterocycles. The smallest absolute Gasteiger partial charge is 0.134 e. The van der Waals surface area contributed by atoms with Gasteiger partial charge in [-0.05, 0) is 43.1 Å². The second-order valence-corrected chi connectivity index (χ2v) is 5.66. The number of nitrogens with one attached hydrogen (secondary N) is 1. The largest absolute Gasteiger partial charge is 0.459 e. The van der Waals surface area contributed by atoms with Gasteiger partial charge < -0.3 is 9.73 Å². The molecule has 0 aliphatic carbocycles. The Morgan fingerprint density at radius 2 is 1.88 bits per heavy atom. The maximum absolute atomic E-state index is 5.83. The lowest BCUT2D eigenvalue weighted by molar-refractivity contribution is 0.475. The lowest BCUT2D eigenvalue weighted by atomic mass is 9.86. The fourth-order valence-corrected chi connectivity index (χ4v) is 1.89. The van der Waals surface area contributed by atoms with Crippen LogP contribution in [0.25, 0.3) is 11.0 Å². The zero-order valence-electron chi connectivity index (χ0n) is 11.3. The van der Waals surface area contributed by atoms with Gasteiger partial charge in [0, 0.05) is 5.39 Å². The molecule has 0 radical (unpaired) electrons. The molecular weight excluding hydrogens is 210 g/mol. The molecule has 17 heavy (non-hydrogen) atoms. The molecule has 0 aliphatic heterocycles. The van der Waals surface area contributed by atoms with E-state index < -0.39 is 0 Å². The highest BCUT2D eigenvalue weighted by Crippen LogP contribution is 2.29. The Kier molecular flexibility index (Phi) is 3.00. The fourth-order valence-electron chi connectivity index (χ4n) is 1.89. The van der Waals surface area contributed by atoms with Crippen molar-refractivity contribution >= 4 is 11.0 Å². The molecule has 1 heterocycles. The summed E-state index contributed by atoms with van der Waals surface area (Å²) >= 11 is 0. The Labute approximate surface area is 103 Å². The summed E-state index contributed by atoms with van der Waals surface area (Å²) in [7, 11) is 1.94. The van der Waals surface area contributed by atoms with E-state index in [1.807, 2.05) is 7.05 Å². The first-order valence-electron chi connectivity index (χ1n) is 6.13. The summed E-state index contributed by atoms with van der Waals surface area (Å²) in [6.45, 7) is 8.78. The third-order valence-electron chi connectivity index (χ3n) is 3.26. The maximum Gasteiger partial charge on any atom is 0.134 e. The average Bonchev–Trinajstić information content (AvgIpc) is 2.69. The first-order valence-corrected chi connectivity index (χ1v) is 6.13. The molecule has 1 aromatic carbocycles. The summed E-state index contributed by atoms with van der Waals surface area (Å²) in [6.07, 6.45) is 0. The van der Waals surface area contributed by atoms with Gasteiger partial charge in [0.2, 0.25) is 0 Å². The second kappa shape index (κ2) is 4.19. The fraction of sp³-hybridized carbons (Fsp3) is 0.467. The number of rotatable bonds is 2. The Morgan fingerprint density at radius 3 is 2.47 bits per heavy atom. The van der Waals surface area contributed by atoms with Crippen LogP contribution in [0.1, 0.15) is 45.1 Å². The molecule has 0 aliphatic rings. The van der Waals surface area contributed by atoms with Crippen molar-refractivity contribution in [1.82, 2.24) is 5.32 Å². The van der Waals surface area contributed by atoms with E-state index in [2.05, 4.69) is 57.3 Å². The van der Waals surface area contributed by atoms with Crippen molar-refractivity contribution in [1.29, 1.82) is 0 Å². The Hall–Kier alpha value is -1.28. The van der Waals surface area contributed by atoms with Gasteiger partial charge in [0.25, 0.3) is 0 Å². The van der Waals surface area contributed by atoms with E-state index in [4.69, 9.17) is 4.42 Å². The minimum Gasteiger partial charge on any atom is -0.459 e. The number of hydrogen-bond donors (Lipinski definition) is 1. The van der Waals surface area contributed by atoms with Crippen LogP contribution >= 0.6 is 0 Å². The summed E-state index contributed by atoms with van der Waals surface area (Å²) < 4.78 is 5.83. The highest BCUT2D eigenvalue weighted by atomic mass is 16.3. The first kappa shape index (κ1) is 12.2. The van der Waals surface area contributed by atoms with Crippen LogP contribution in [0.4, 0.5) is 0 Å². The molecule has 0 fully saturated rings. The summed E-state index contributed by atoms with van der Waals surface area (Å²) in [4.78, 5) is 0. The van der Waals surface area contributed by atoms with Crippen LogP contribution in [0.3, 0.4) is 0 Å². The van der Waals surface area contributed by atoms with Crippen molar-refractivity contribution in [2.45, 2.75) is 39.2 Å². The van der Waals surface area contributed by atoms with E-state index in [0.29, 0.717) is 0 Å². The Balaban J connectivity index is 2.48. The van der Waals surface area contributed by atoms with Crippen LogP contribution in [0.15, 0.2) is 28.7 Å². The molecule has 0 saturated heterocycles. The van der Waals surface area contributed by atoms with Crippen molar-refractivity contribution < 1.29 is 4.42 Å². The molecule has 0 amide bonds. The average molecular weight is 231 g/mol. The number of fused-ring (bicyclic) bond motifs is 1. The number of benzene rings is 1. The van der Waals surface area contributed by atoms with Gasteiger partial charge in [-0.1, -0.05) is 26.8 Å². The first-order chi connectivity index (χ1) is 7.91. The predicted molar refractivity (Wildman–Crippen MR) is 72.4 cm³/mol. The minimum atomic E-state index is 0.181. The summed E-state index contributed by atoms with van der Waals surface area (Å²) in [6, 6.07) is 8.83. The van der Waals surface area contributed by atoms with Crippen LogP contribution in [0.2, 0.25) is 0 Å². The molecule has 0 bridgehead atoms. The van der Waals surface area contributed by atoms with Gasteiger partial charge in [0.05, 0.1) is 6.04 Å². The van der Waals surface area contributed by atoms with Gasteiger partial charge in [-0.25, -0.2) is 0 Å². The zero-order chi connectivity index (χ0) is 12.6. The van der Waals surface area contributed by atoms with Crippen molar-refractivity contribution in [3.05, 3.63) is 35.6 Å². The van der Waals surface area contributed by atoms with Crippen LogP contribution in [-0.2, 0) is 5.41 Å². The van der Waals surface area contributed by atoms with E-state index in [-0.39, 0.29) is 11.5 Å². The van der Waals surface area contributed by atoms with Gasteiger partial charge in [0.1, 0.15) is 11.3 Å². The van der Waals surface area contributed by atoms with Crippen molar-refractivity contribution in [2.75, 3.05) is 7.05 Å². The number of furan rings is 1. The van der Waals surface area contributed by atoms with E-state index in [0.717, 1.165) is 11.3 Å². The molecule has 2 rings (SSSR count). The van der Waals surface area contributed by atoms with Crippen LogP contribution in [-0.4, -0.2) is 7.05 Å². The molecule has 1 N–H and O–H groups in total. The molecule has 0 saturated carbocycles. The topological polar surface area (TPSA) is 25.2 Å². The van der Waals surface area contributed by atoms with E-state index in [9.17, 15) is 0 Å². The van der Waals surface area contributed by atoms with Crippen LogP contribution in [0, 0.1) is 0 Å². The molecule has 0 spiro atoms. The van der Waals surface area contributed by atoms with Gasteiger partial charge in [-0.2, -0.15) is 0 Å². The number of hydrogen-bond acceptors (Lipinski definition) is 2. The van der Waals surface area contributed by atoms with Crippen molar-refractivity contribution in [2.24, 2.45) is 0 Å². The normalized spacial score (nSPS) is 14.2. The van der Waals surface area contributed by atoms with E-state index >= 15 is 0 Å². The molecule has 2 heteroatoms. The highest BCUT2D eigenvalue weighted by molar-refractivity contribution is 5.79. The van der Waals surface area contributed by atoms with E-state index in [1.165, 1.54) is 10.9 Å². The predicted octanol–water partition coefficient (Wildman–Crippen LogP) is 4.01. The Bertz CT molecular complexity index is 519. The Morgan fingerprint density at radius 1 is 1.18 bits per heavy atom. The van der Waals surface area contributed by atoms with Gasteiger partial charge in [0.15, 0.2) is 0 Å². The molecule has 1 atom stereocenters. The van der Waals surface area contributed by atoms with Gasteiger partial charge in [-0.3, -0.25) is 0 Å². The van der Waals surface area contributed by atoms with Gasteiger partial charge >= 0.3 is 0 Å². The SMILES string of the molecule is CNC(C)c1cc2cc(C(C)(C)C)ccc2o1. The summed E-state index contributed by atoms with van der Waals surface area (Å²) in [5, 5.41) is 4.38. The lowest BCUT2D eigenvalue weighted by Gasteiger charge is -2.18. The van der Waals surface area contributed by atoms with Crippen LogP contribution < -0.4 is 5.32 Å². The monoisotopic (exact) mass is 231 g/mol. The van der Waals surface area contributed by atoms with Crippen LogP contribution in [0.5, 0.6) is 0 Å². The van der Waals surface area contributed by atoms with Gasteiger partial charge in [-0.15, -0.1) is 0 Å². The maximum atomic E-state index is 5.83. The molecular formula is C15H21NO. The molecule has 92 valence electrons. The lowest BCUT2D eigenvalue weighted by Crippen LogP contribution is -2.11. The quantitative estimate of drug-likeness (QED) is 0.844. The standard InChI is InChI=1S/C15H21NO/c1-10(16-5)14-9-11-8-12(15(2,3)4)6-7-13(11)17-14/h6-10,16H,1-5H3. The third-order valence-corrected chi connectivity index (χ3v) is 3.26.